The minimum atomic E-state index is -5.30. The van der Waals surface area contributed by atoms with Crippen molar-refractivity contribution in [3.63, 3.8) is 0 Å². The van der Waals surface area contributed by atoms with Crippen LogP contribution in [0.1, 0.15) is 46.5 Å². The molecule has 1 aliphatic heterocycles. The van der Waals surface area contributed by atoms with E-state index < -0.39 is 80.1 Å². The van der Waals surface area contributed by atoms with E-state index in [1.165, 1.54) is 34.0 Å². The van der Waals surface area contributed by atoms with Gasteiger partial charge in [-0.3, -0.25) is 23.9 Å². The molecule has 3 fully saturated rings. The summed E-state index contributed by atoms with van der Waals surface area (Å²) in [5, 5.41) is 4.30. The molecule has 5 atom stereocenters. The van der Waals surface area contributed by atoms with Gasteiger partial charge >= 0.3 is 12.1 Å². The normalized spacial score (nSPS) is 23.0. The lowest BCUT2D eigenvalue weighted by molar-refractivity contribution is -0.176. The van der Waals surface area contributed by atoms with Gasteiger partial charge in [-0.25, -0.2) is 13.4 Å². The quantitative estimate of drug-likeness (QED) is 0.230. The van der Waals surface area contributed by atoms with Crippen LogP contribution < -0.4 is 24.8 Å². The van der Waals surface area contributed by atoms with Crippen molar-refractivity contribution in [1.82, 2.24) is 25.2 Å². The number of likely N-dealkylation sites (tertiary alicyclic amines) is 1. The summed E-state index contributed by atoms with van der Waals surface area (Å²) >= 11 is 0. The van der Waals surface area contributed by atoms with Crippen LogP contribution in [0, 0.1) is 11.3 Å². The van der Waals surface area contributed by atoms with Crippen LogP contribution in [-0.2, 0) is 29.2 Å². The number of hydrogen-bond acceptors (Lipinski definition) is 9. The van der Waals surface area contributed by atoms with Crippen molar-refractivity contribution in [2.75, 3.05) is 13.7 Å². The smallest absolute Gasteiger partial charge is 0.471 e. The maximum atomic E-state index is 14.3. The van der Waals surface area contributed by atoms with E-state index in [2.05, 4.69) is 16.6 Å². The number of benzene rings is 2. The number of hydrogen-bond donors (Lipinski definition) is 3. The minimum Gasteiger partial charge on any atom is -0.497 e. The Balaban J connectivity index is 1.35. The van der Waals surface area contributed by atoms with Crippen LogP contribution in [0.4, 0.5) is 13.2 Å². The van der Waals surface area contributed by atoms with Crippen molar-refractivity contribution in [2.45, 2.75) is 81.6 Å². The van der Waals surface area contributed by atoms with Crippen molar-refractivity contribution in [2.24, 2.45) is 11.3 Å². The van der Waals surface area contributed by atoms with E-state index in [1.54, 1.807) is 29.6 Å². The Morgan fingerprint density at radius 2 is 1.75 bits per heavy atom. The highest BCUT2D eigenvalue weighted by atomic mass is 32.2. The highest BCUT2D eigenvalue weighted by molar-refractivity contribution is 7.91. The molecule has 0 radical (unpaired) electrons. The van der Waals surface area contributed by atoms with E-state index in [0.29, 0.717) is 40.9 Å². The van der Waals surface area contributed by atoms with Gasteiger partial charge in [-0.05, 0) is 36.8 Å². The molecular weight excluding hydrogens is 744 g/mol. The number of amides is 4. The molecule has 2 unspecified atom stereocenters. The average molecular weight is 786 g/mol. The number of aromatic nitrogens is 1. The molecule has 2 saturated carbocycles. The van der Waals surface area contributed by atoms with Gasteiger partial charge in [0.15, 0.2) is 0 Å². The minimum absolute atomic E-state index is 0.0237. The molecule has 2 aromatic carbocycles. The first kappa shape index (κ1) is 39.5. The number of nitrogens with one attached hydrogen (secondary N) is 3. The lowest BCUT2D eigenvalue weighted by atomic mass is 9.85. The number of sulfonamides is 1. The molecule has 1 aromatic heterocycles. The van der Waals surface area contributed by atoms with Gasteiger partial charge in [0.25, 0.3) is 5.91 Å². The molecule has 2 aliphatic carbocycles. The summed E-state index contributed by atoms with van der Waals surface area (Å²) in [6.07, 6.45) is -4.20. The van der Waals surface area contributed by atoms with Gasteiger partial charge < -0.3 is 25.0 Å². The summed E-state index contributed by atoms with van der Waals surface area (Å²) < 4.78 is 79.7. The third kappa shape index (κ3) is 8.26. The number of rotatable bonds is 12. The number of carbonyl (C=O) groups is 4. The van der Waals surface area contributed by atoms with Crippen LogP contribution in [0.2, 0.25) is 0 Å². The third-order valence-electron chi connectivity index (χ3n) is 10.1. The number of nitrogens with zero attached hydrogens (tertiary/aromatic N) is 2. The number of ether oxygens (including phenoxy) is 2. The average Bonchev–Trinajstić information content (AvgIpc) is 4.06. The summed E-state index contributed by atoms with van der Waals surface area (Å²) in [5.41, 5.74) is -1.15. The summed E-state index contributed by atoms with van der Waals surface area (Å²) in [6, 6.07) is 12.9. The molecule has 1 saturated heterocycles. The monoisotopic (exact) mass is 785 g/mol. The summed E-state index contributed by atoms with van der Waals surface area (Å²) in [4.78, 5) is 60.0. The fourth-order valence-electron chi connectivity index (χ4n) is 6.76. The van der Waals surface area contributed by atoms with Crippen molar-refractivity contribution in [1.29, 1.82) is 0 Å². The highest BCUT2D eigenvalue weighted by Gasteiger charge is 2.62. The first-order valence-electron chi connectivity index (χ1n) is 17.7. The summed E-state index contributed by atoms with van der Waals surface area (Å²) in [5.74, 6) is -4.94. The van der Waals surface area contributed by atoms with E-state index >= 15 is 0 Å². The van der Waals surface area contributed by atoms with Crippen LogP contribution in [0.15, 0.2) is 67.3 Å². The van der Waals surface area contributed by atoms with Gasteiger partial charge in [0.1, 0.15) is 35.2 Å². The van der Waals surface area contributed by atoms with Gasteiger partial charge in [0, 0.05) is 35.4 Å². The predicted molar refractivity (Wildman–Crippen MR) is 195 cm³/mol. The van der Waals surface area contributed by atoms with Crippen LogP contribution in [0.25, 0.3) is 22.2 Å². The van der Waals surface area contributed by atoms with Crippen LogP contribution >= 0.6 is 0 Å². The lowest BCUT2D eigenvalue weighted by Gasteiger charge is -2.35. The first-order valence-corrected chi connectivity index (χ1v) is 19.2. The van der Waals surface area contributed by atoms with Gasteiger partial charge in [-0.15, -0.1) is 6.58 Å². The molecule has 294 valence electrons. The van der Waals surface area contributed by atoms with Crippen molar-refractivity contribution in [3.8, 4) is 22.8 Å². The Bertz CT molecular complexity index is 2140. The van der Waals surface area contributed by atoms with E-state index in [1.807, 2.05) is 30.3 Å². The first-order chi connectivity index (χ1) is 25.8. The molecule has 13 nitrogen and oxygen atoms in total. The summed E-state index contributed by atoms with van der Waals surface area (Å²) in [6.45, 7) is 7.80. The number of carbonyl (C=O) groups excluding carboxylic acids is 4. The van der Waals surface area contributed by atoms with E-state index in [4.69, 9.17) is 14.5 Å². The zero-order valence-corrected chi connectivity index (χ0v) is 31.4. The fourth-order valence-corrected chi connectivity index (χ4v) is 8.12. The molecule has 2 heterocycles. The molecule has 0 bridgehead atoms. The number of methoxy groups -OCH3 is 1. The zero-order valence-electron chi connectivity index (χ0n) is 30.6. The standard InChI is InChI=1S/C38H42F3N5O8S/c1-6-22-19-37(22,34(49)45-55(51,52)25-13-14-25)44-32(47)29-17-24(20-46(29)33(48)31(36(2,3)4)43-35(50)38(39,40)41)54-30-18-27(21-10-8-7-9-11-21)42-28-16-23(53-5)12-15-26(28)30/h6-12,15-16,18,22,24-25,29,31H,1,13-14,17,19-20H2,2-5H3,(H,43,50)(H,44,47)(H,45,49)/t22?,24-,29+,31-,37?/m1/s1. The molecule has 3 N–H and O–H groups in total. The number of pyridine rings is 1. The Kier molecular flexibility index (Phi) is 10.4. The predicted octanol–water partition coefficient (Wildman–Crippen LogP) is 4.02. The second-order valence-corrected chi connectivity index (χ2v) is 17.2. The number of halogens is 3. The van der Waals surface area contributed by atoms with E-state index in [-0.39, 0.29) is 19.4 Å². The van der Waals surface area contributed by atoms with E-state index in [0.717, 1.165) is 10.5 Å². The van der Waals surface area contributed by atoms with Gasteiger partial charge in [-0.1, -0.05) is 57.2 Å². The second-order valence-electron chi connectivity index (χ2n) is 15.2. The van der Waals surface area contributed by atoms with Crippen LogP contribution in [0.5, 0.6) is 11.5 Å². The number of fused-ring (bicyclic) bond motifs is 1. The third-order valence-corrected chi connectivity index (χ3v) is 11.9. The molecule has 6 rings (SSSR count). The highest BCUT2D eigenvalue weighted by Crippen LogP contribution is 2.46. The summed E-state index contributed by atoms with van der Waals surface area (Å²) in [7, 11) is -2.49. The Morgan fingerprint density at radius 1 is 1.05 bits per heavy atom. The van der Waals surface area contributed by atoms with Gasteiger partial charge in [0.2, 0.25) is 21.8 Å². The van der Waals surface area contributed by atoms with Gasteiger partial charge in [0.05, 0.1) is 30.1 Å². The Morgan fingerprint density at radius 3 is 2.33 bits per heavy atom. The fraction of sp³-hybridized carbons (Fsp3) is 0.447. The van der Waals surface area contributed by atoms with Crippen LogP contribution in [-0.4, -0.2) is 90.7 Å². The zero-order chi connectivity index (χ0) is 40.1. The SMILES string of the molecule is C=CC1CC1(NC(=O)[C@@H]1C[C@@H](Oc2cc(-c3ccccc3)nc3cc(OC)ccc23)CN1C(=O)[C@@H](NC(=O)C(F)(F)F)C(C)(C)C)C(=O)NS(=O)(=O)C1CC1. The molecular formula is C38H42F3N5O8S. The van der Waals surface area contributed by atoms with Crippen molar-refractivity contribution in [3.05, 3.63) is 67.3 Å². The van der Waals surface area contributed by atoms with Crippen molar-refractivity contribution >= 4 is 44.6 Å². The molecule has 3 aliphatic rings. The second kappa shape index (κ2) is 14.5. The molecule has 17 heteroatoms. The van der Waals surface area contributed by atoms with Gasteiger partial charge in [-0.2, -0.15) is 13.2 Å². The Labute approximate surface area is 316 Å². The topological polar surface area (TPSA) is 173 Å². The number of alkyl halides is 3. The molecule has 0 spiro atoms. The lowest BCUT2D eigenvalue weighted by Crippen LogP contribution is -2.61. The molecule has 3 aromatic rings. The van der Waals surface area contributed by atoms with Crippen LogP contribution in [0.3, 0.4) is 0 Å². The maximum absolute atomic E-state index is 14.3. The molecule has 4 amide bonds. The largest absolute Gasteiger partial charge is 0.497 e. The maximum Gasteiger partial charge on any atom is 0.471 e. The Hall–Kier alpha value is -5.19. The molecule has 55 heavy (non-hydrogen) atoms. The van der Waals surface area contributed by atoms with E-state index in [9.17, 15) is 40.8 Å². The van der Waals surface area contributed by atoms with Crippen molar-refractivity contribution < 1.29 is 50.2 Å².